The van der Waals surface area contributed by atoms with Gasteiger partial charge in [-0.15, -0.1) is 0 Å². The molecule has 1 atom stereocenters. The largest absolute Gasteiger partial charge is 0.496 e. The molecule has 2 aliphatic rings. The summed E-state index contributed by atoms with van der Waals surface area (Å²) in [5.74, 6) is 0.868. The molecule has 0 bridgehead atoms. The molecule has 1 aromatic carbocycles. The Morgan fingerprint density at radius 2 is 2.14 bits per heavy atom. The van der Waals surface area contributed by atoms with Gasteiger partial charge in [0.15, 0.2) is 0 Å². The molecule has 1 aliphatic carbocycles. The first kappa shape index (κ1) is 13.9. The number of hydrogen-bond acceptors (Lipinski definition) is 3. The third-order valence-electron chi connectivity index (χ3n) is 4.13. The fourth-order valence-electron chi connectivity index (χ4n) is 2.85. The standard InChI is InChI=1S/C16H20N2O3/c1-21-14-5-3-2-4-13(14)16(20)17-9-11-8-15(19)18(10-11)12-6-7-12/h2-5,11-12H,6-10H2,1H3,(H,17,20). The number of para-hydroxylation sites is 1. The molecule has 3 rings (SSSR count). The fraction of sp³-hybridized carbons (Fsp3) is 0.500. The van der Waals surface area contributed by atoms with E-state index in [1.807, 2.05) is 17.0 Å². The van der Waals surface area contributed by atoms with E-state index in [4.69, 9.17) is 4.74 Å². The van der Waals surface area contributed by atoms with Gasteiger partial charge in [-0.3, -0.25) is 9.59 Å². The monoisotopic (exact) mass is 288 g/mol. The van der Waals surface area contributed by atoms with Crippen LogP contribution in [-0.4, -0.2) is 43.0 Å². The van der Waals surface area contributed by atoms with Crippen LogP contribution in [0.25, 0.3) is 0 Å². The van der Waals surface area contributed by atoms with Gasteiger partial charge in [0.05, 0.1) is 12.7 Å². The number of benzene rings is 1. The van der Waals surface area contributed by atoms with Crippen LogP contribution in [0.2, 0.25) is 0 Å². The van der Waals surface area contributed by atoms with Gasteiger partial charge in [0.1, 0.15) is 5.75 Å². The summed E-state index contributed by atoms with van der Waals surface area (Å²) >= 11 is 0. The summed E-state index contributed by atoms with van der Waals surface area (Å²) in [6, 6.07) is 7.62. The van der Waals surface area contributed by atoms with Crippen molar-refractivity contribution in [3.8, 4) is 5.75 Å². The van der Waals surface area contributed by atoms with Crippen LogP contribution in [0.4, 0.5) is 0 Å². The van der Waals surface area contributed by atoms with Crippen molar-refractivity contribution in [3.63, 3.8) is 0 Å². The number of likely N-dealkylation sites (tertiary alicyclic amines) is 1. The minimum absolute atomic E-state index is 0.148. The van der Waals surface area contributed by atoms with Gasteiger partial charge in [0, 0.05) is 31.5 Å². The molecule has 1 N–H and O–H groups in total. The van der Waals surface area contributed by atoms with Gasteiger partial charge < -0.3 is 15.0 Å². The van der Waals surface area contributed by atoms with Gasteiger partial charge in [0.2, 0.25) is 5.91 Å². The lowest BCUT2D eigenvalue weighted by Gasteiger charge is -2.16. The molecule has 0 aromatic heterocycles. The number of amides is 2. The Morgan fingerprint density at radius 3 is 2.86 bits per heavy atom. The summed E-state index contributed by atoms with van der Waals surface area (Å²) in [4.78, 5) is 26.0. The Labute approximate surface area is 124 Å². The Bertz CT molecular complexity index is 554. The normalized spacial score (nSPS) is 21.5. The van der Waals surface area contributed by atoms with E-state index in [0.29, 0.717) is 30.3 Å². The third kappa shape index (κ3) is 3.01. The van der Waals surface area contributed by atoms with E-state index in [0.717, 1.165) is 19.4 Å². The molecule has 21 heavy (non-hydrogen) atoms. The molecule has 112 valence electrons. The number of hydrogen-bond donors (Lipinski definition) is 1. The first-order valence-corrected chi connectivity index (χ1v) is 7.39. The number of carbonyl (C=O) groups excluding carboxylic acids is 2. The van der Waals surface area contributed by atoms with Crippen molar-refractivity contribution >= 4 is 11.8 Å². The quantitative estimate of drug-likeness (QED) is 0.892. The van der Waals surface area contributed by atoms with E-state index in [9.17, 15) is 9.59 Å². The molecule has 5 heteroatoms. The minimum Gasteiger partial charge on any atom is -0.496 e. The molecule has 1 aromatic rings. The molecule has 2 amide bonds. The smallest absolute Gasteiger partial charge is 0.255 e. The third-order valence-corrected chi connectivity index (χ3v) is 4.13. The van der Waals surface area contributed by atoms with Crippen LogP contribution in [0.1, 0.15) is 29.6 Å². The highest BCUT2D eigenvalue weighted by molar-refractivity contribution is 5.96. The summed E-state index contributed by atoms with van der Waals surface area (Å²) in [5, 5.41) is 2.92. The highest BCUT2D eigenvalue weighted by atomic mass is 16.5. The fourth-order valence-corrected chi connectivity index (χ4v) is 2.85. The molecule has 1 saturated carbocycles. The maximum atomic E-state index is 12.2. The van der Waals surface area contributed by atoms with Gasteiger partial charge in [-0.05, 0) is 25.0 Å². The van der Waals surface area contributed by atoms with Crippen LogP contribution in [0.5, 0.6) is 5.75 Å². The molecular formula is C16H20N2O3. The Morgan fingerprint density at radius 1 is 1.38 bits per heavy atom. The minimum atomic E-state index is -0.148. The molecule has 1 heterocycles. The maximum Gasteiger partial charge on any atom is 0.255 e. The summed E-state index contributed by atoms with van der Waals surface area (Å²) < 4.78 is 5.19. The number of methoxy groups -OCH3 is 1. The van der Waals surface area contributed by atoms with Crippen LogP contribution >= 0.6 is 0 Å². The average Bonchev–Trinajstić information content (AvgIpc) is 3.28. The molecule has 1 aliphatic heterocycles. The molecule has 0 spiro atoms. The zero-order valence-electron chi connectivity index (χ0n) is 12.2. The Kier molecular flexibility index (Phi) is 3.82. The van der Waals surface area contributed by atoms with Crippen LogP contribution in [-0.2, 0) is 4.79 Å². The van der Waals surface area contributed by atoms with Crippen LogP contribution in [0.15, 0.2) is 24.3 Å². The van der Waals surface area contributed by atoms with Crippen LogP contribution < -0.4 is 10.1 Å². The van der Waals surface area contributed by atoms with Crippen molar-refractivity contribution in [2.75, 3.05) is 20.2 Å². The molecular weight excluding hydrogens is 268 g/mol. The summed E-state index contributed by atoms with van der Waals surface area (Å²) in [6.45, 7) is 1.31. The lowest BCUT2D eigenvalue weighted by atomic mass is 10.1. The second-order valence-electron chi connectivity index (χ2n) is 5.76. The lowest BCUT2D eigenvalue weighted by molar-refractivity contribution is -0.128. The molecule has 1 saturated heterocycles. The van der Waals surface area contributed by atoms with Gasteiger partial charge >= 0.3 is 0 Å². The summed E-state index contributed by atoms with van der Waals surface area (Å²) in [5.41, 5.74) is 0.531. The van der Waals surface area contributed by atoms with Crippen molar-refractivity contribution in [1.29, 1.82) is 0 Å². The van der Waals surface area contributed by atoms with Crippen molar-refractivity contribution < 1.29 is 14.3 Å². The van der Waals surface area contributed by atoms with E-state index >= 15 is 0 Å². The van der Waals surface area contributed by atoms with Gasteiger partial charge in [-0.25, -0.2) is 0 Å². The molecule has 0 radical (unpaired) electrons. The first-order chi connectivity index (χ1) is 10.2. The van der Waals surface area contributed by atoms with Crippen LogP contribution in [0.3, 0.4) is 0 Å². The van der Waals surface area contributed by atoms with Crippen LogP contribution in [0, 0.1) is 5.92 Å². The lowest BCUT2D eigenvalue weighted by Crippen LogP contribution is -2.32. The second-order valence-corrected chi connectivity index (χ2v) is 5.76. The summed E-state index contributed by atoms with van der Waals surface area (Å²) in [6.07, 6.45) is 2.81. The van der Waals surface area contributed by atoms with E-state index in [-0.39, 0.29) is 17.7 Å². The predicted octanol–water partition coefficient (Wildman–Crippen LogP) is 1.44. The number of carbonyl (C=O) groups is 2. The van der Waals surface area contributed by atoms with Crippen molar-refractivity contribution in [3.05, 3.63) is 29.8 Å². The SMILES string of the molecule is COc1ccccc1C(=O)NCC1CC(=O)N(C2CC2)C1. The predicted molar refractivity (Wildman–Crippen MR) is 78.2 cm³/mol. The van der Waals surface area contributed by atoms with E-state index in [1.54, 1.807) is 19.2 Å². The van der Waals surface area contributed by atoms with E-state index in [1.165, 1.54) is 0 Å². The summed E-state index contributed by atoms with van der Waals surface area (Å²) in [7, 11) is 1.55. The first-order valence-electron chi connectivity index (χ1n) is 7.39. The van der Waals surface area contributed by atoms with Gasteiger partial charge in [0.25, 0.3) is 5.91 Å². The van der Waals surface area contributed by atoms with E-state index in [2.05, 4.69) is 5.32 Å². The maximum absolute atomic E-state index is 12.2. The number of ether oxygens (including phenoxy) is 1. The zero-order chi connectivity index (χ0) is 14.8. The molecule has 1 unspecified atom stereocenters. The number of rotatable bonds is 5. The average molecular weight is 288 g/mol. The van der Waals surface area contributed by atoms with Crippen molar-refractivity contribution in [2.24, 2.45) is 5.92 Å². The zero-order valence-corrected chi connectivity index (χ0v) is 12.2. The highest BCUT2D eigenvalue weighted by Crippen LogP contribution is 2.32. The number of nitrogens with one attached hydrogen (secondary N) is 1. The molecule has 2 fully saturated rings. The molecule has 5 nitrogen and oxygen atoms in total. The van der Waals surface area contributed by atoms with Crippen molar-refractivity contribution in [2.45, 2.75) is 25.3 Å². The van der Waals surface area contributed by atoms with Gasteiger partial charge in [-0.2, -0.15) is 0 Å². The van der Waals surface area contributed by atoms with E-state index < -0.39 is 0 Å². The number of nitrogens with zero attached hydrogens (tertiary/aromatic N) is 1. The highest BCUT2D eigenvalue weighted by Gasteiger charge is 2.39. The topological polar surface area (TPSA) is 58.6 Å². The van der Waals surface area contributed by atoms with Gasteiger partial charge in [-0.1, -0.05) is 12.1 Å². The Balaban J connectivity index is 1.55. The Hall–Kier alpha value is -2.04. The second kappa shape index (κ2) is 5.76. The van der Waals surface area contributed by atoms with Crippen molar-refractivity contribution in [1.82, 2.24) is 10.2 Å².